The first-order valence-corrected chi connectivity index (χ1v) is 16.4. The van der Waals surface area contributed by atoms with Crippen LogP contribution < -0.4 is 20.3 Å². The van der Waals surface area contributed by atoms with E-state index in [0.717, 1.165) is 0 Å². The molecular weight excluding hydrogens is 659 g/mol. The van der Waals surface area contributed by atoms with Crippen molar-refractivity contribution in [3.63, 3.8) is 0 Å². The summed E-state index contributed by atoms with van der Waals surface area (Å²) in [7, 11) is 6.80. The highest BCUT2D eigenvalue weighted by molar-refractivity contribution is 6.41. The number of pyridine rings is 1. The molecule has 2 aliphatic rings. The normalized spacial score (nSPS) is 18.3. The molecule has 3 aromatic rings. The van der Waals surface area contributed by atoms with Crippen molar-refractivity contribution in [2.45, 2.75) is 25.4 Å². The number of likely N-dealkylation sites (N-methyl/N-ethyl adjacent to an activating group) is 1. The molecule has 14 heteroatoms. The standard InChI is InChI=1S/C34H40Cl2N6O6/c1-6-23(43)12-21-9-11-48-19-25(21)38-34-37-15-22-13-24(29-30(35)26(46-4)14-27(47-5)31(29)36)33(45)42(32(22)39-34)18-20-16-41(17-20)28(44)8-7-10-40(2)3/h6-8,13-15,20-21,25H,1,9-12,16-19H2,2-5H3,(H,37,38,39)/b8-7+/t21-,25-/m1/s1. The number of fused-ring (bicyclic) bond motifs is 1. The van der Waals surface area contributed by atoms with E-state index in [1.54, 1.807) is 33.9 Å². The molecule has 12 nitrogen and oxygen atoms in total. The SMILES string of the molecule is C=CC(=O)C[C@H]1CCOC[C@H]1Nc1ncc2cc(-c3c(Cl)c(OC)cc(OC)c3Cl)c(=O)n(CC3CN(C(=O)/C=C/CN(C)C)C3)c2n1. The van der Waals surface area contributed by atoms with E-state index in [1.807, 2.05) is 25.1 Å². The van der Waals surface area contributed by atoms with Crippen LogP contribution in [0.15, 0.2) is 47.9 Å². The maximum absolute atomic E-state index is 14.4. The molecular formula is C34H40Cl2N6O6. The second-order valence-electron chi connectivity index (χ2n) is 12.3. The number of rotatable bonds is 13. The second-order valence-corrected chi connectivity index (χ2v) is 13.0. The summed E-state index contributed by atoms with van der Waals surface area (Å²) in [6, 6.07) is 3.01. The van der Waals surface area contributed by atoms with Gasteiger partial charge in [-0.05, 0) is 38.6 Å². The second kappa shape index (κ2) is 15.5. The summed E-state index contributed by atoms with van der Waals surface area (Å²) in [6.07, 6.45) is 7.40. The average Bonchev–Trinajstić information content (AvgIpc) is 3.04. The lowest BCUT2D eigenvalue weighted by Crippen LogP contribution is -2.51. The number of methoxy groups -OCH3 is 2. The van der Waals surface area contributed by atoms with Crippen LogP contribution in [0.5, 0.6) is 11.5 Å². The van der Waals surface area contributed by atoms with Gasteiger partial charge in [-0.25, -0.2) is 4.98 Å². The number of aromatic nitrogens is 3. The highest BCUT2D eigenvalue weighted by Gasteiger charge is 2.32. The van der Waals surface area contributed by atoms with Gasteiger partial charge in [-0.3, -0.25) is 19.0 Å². The third kappa shape index (κ3) is 7.67. The smallest absolute Gasteiger partial charge is 0.260 e. The number of halogens is 2. The number of benzene rings is 1. The molecule has 1 amide bonds. The van der Waals surface area contributed by atoms with E-state index in [0.29, 0.717) is 74.2 Å². The number of nitrogens with one attached hydrogen (secondary N) is 1. The van der Waals surface area contributed by atoms with Crippen LogP contribution in [0.3, 0.4) is 0 Å². The van der Waals surface area contributed by atoms with E-state index in [4.69, 9.17) is 42.4 Å². The number of carbonyl (C=O) groups excluding carboxylic acids is 2. The Morgan fingerprint density at radius 1 is 1.17 bits per heavy atom. The van der Waals surface area contributed by atoms with Crippen molar-refractivity contribution >= 4 is 51.9 Å². The van der Waals surface area contributed by atoms with E-state index in [2.05, 4.69) is 16.9 Å². The van der Waals surface area contributed by atoms with Gasteiger partial charge in [0.15, 0.2) is 5.78 Å². The fraction of sp³-hybridized carbons (Fsp3) is 0.441. The molecule has 5 rings (SSSR count). The maximum Gasteiger partial charge on any atom is 0.260 e. The summed E-state index contributed by atoms with van der Waals surface area (Å²) < 4.78 is 18.2. The number of ketones is 1. The van der Waals surface area contributed by atoms with Crippen LogP contribution >= 0.6 is 23.2 Å². The third-order valence-electron chi connectivity index (χ3n) is 8.62. The van der Waals surface area contributed by atoms with Gasteiger partial charge in [-0.1, -0.05) is 35.9 Å². The Bertz CT molecular complexity index is 1760. The van der Waals surface area contributed by atoms with Gasteiger partial charge in [-0.2, -0.15) is 4.98 Å². The van der Waals surface area contributed by atoms with Gasteiger partial charge in [0.1, 0.15) is 17.1 Å². The Morgan fingerprint density at radius 2 is 1.88 bits per heavy atom. The molecule has 0 spiro atoms. The first kappa shape index (κ1) is 35.3. The minimum absolute atomic E-state index is 0.00529. The number of likely N-dealkylation sites (tertiary alicyclic amines) is 1. The van der Waals surface area contributed by atoms with Crippen LogP contribution in [0.2, 0.25) is 10.0 Å². The largest absolute Gasteiger partial charge is 0.495 e. The molecule has 0 unspecified atom stereocenters. The van der Waals surface area contributed by atoms with Crippen LogP contribution in [-0.2, 0) is 20.9 Å². The zero-order valence-electron chi connectivity index (χ0n) is 27.5. The van der Waals surface area contributed by atoms with Crippen LogP contribution in [0.4, 0.5) is 5.95 Å². The molecule has 2 aromatic heterocycles. The molecule has 0 saturated carbocycles. The predicted molar refractivity (Wildman–Crippen MR) is 186 cm³/mol. The molecule has 2 aliphatic heterocycles. The molecule has 256 valence electrons. The highest BCUT2D eigenvalue weighted by Crippen LogP contribution is 2.45. The summed E-state index contributed by atoms with van der Waals surface area (Å²) in [5, 5.41) is 4.23. The Morgan fingerprint density at radius 3 is 2.52 bits per heavy atom. The summed E-state index contributed by atoms with van der Waals surface area (Å²) in [5.74, 6) is 0.770. The molecule has 2 atom stereocenters. The quantitative estimate of drug-likeness (QED) is 0.258. The van der Waals surface area contributed by atoms with E-state index in [-0.39, 0.29) is 62.8 Å². The van der Waals surface area contributed by atoms with Crippen LogP contribution in [0.1, 0.15) is 12.8 Å². The number of hydrogen-bond donors (Lipinski definition) is 1. The number of carbonyl (C=O) groups is 2. The van der Waals surface area contributed by atoms with Crippen molar-refractivity contribution in [3.8, 4) is 22.6 Å². The Hall–Kier alpha value is -3.97. The van der Waals surface area contributed by atoms with Gasteiger partial charge in [0.25, 0.3) is 5.56 Å². The molecule has 4 heterocycles. The fourth-order valence-corrected chi connectivity index (χ4v) is 6.69. The molecule has 0 aliphatic carbocycles. The molecule has 48 heavy (non-hydrogen) atoms. The van der Waals surface area contributed by atoms with Gasteiger partial charge < -0.3 is 29.3 Å². The summed E-state index contributed by atoms with van der Waals surface area (Å²) in [5.41, 5.74) is 0.510. The average molecular weight is 700 g/mol. The van der Waals surface area contributed by atoms with E-state index >= 15 is 0 Å². The molecule has 0 radical (unpaired) electrons. The lowest BCUT2D eigenvalue weighted by molar-refractivity contribution is -0.132. The number of anilines is 1. The number of hydrogen-bond acceptors (Lipinski definition) is 10. The van der Waals surface area contributed by atoms with Crippen molar-refractivity contribution in [2.24, 2.45) is 11.8 Å². The summed E-state index contributed by atoms with van der Waals surface area (Å²) >= 11 is 13.5. The van der Waals surface area contributed by atoms with Crippen LogP contribution in [0.25, 0.3) is 22.2 Å². The minimum atomic E-state index is -0.377. The zero-order valence-corrected chi connectivity index (χ0v) is 29.0. The Kier molecular flexibility index (Phi) is 11.4. The lowest BCUT2D eigenvalue weighted by Gasteiger charge is -2.39. The predicted octanol–water partition coefficient (Wildman–Crippen LogP) is 4.32. The first-order chi connectivity index (χ1) is 23.0. The van der Waals surface area contributed by atoms with Crippen molar-refractivity contribution < 1.29 is 23.8 Å². The van der Waals surface area contributed by atoms with E-state index in [1.165, 1.54) is 20.3 Å². The Labute approximate surface area is 289 Å². The summed E-state index contributed by atoms with van der Waals surface area (Å²) in [6.45, 7) is 6.43. The number of amides is 1. The van der Waals surface area contributed by atoms with Crippen molar-refractivity contribution in [1.29, 1.82) is 0 Å². The fourth-order valence-electron chi connectivity index (χ4n) is 5.99. The zero-order chi connectivity index (χ0) is 34.5. The molecule has 1 aromatic carbocycles. The molecule has 2 saturated heterocycles. The lowest BCUT2D eigenvalue weighted by atomic mass is 9.90. The topological polar surface area (TPSA) is 128 Å². The van der Waals surface area contributed by atoms with Gasteiger partial charge >= 0.3 is 0 Å². The van der Waals surface area contributed by atoms with Crippen molar-refractivity contribution in [3.05, 3.63) is 63.5 Å². The van der Waals surface area contributed by atoms with Crippen LogP contribution in [0, 0.1) is 11.8 Å². The molecule has 1 N–H and O–H groups in total. The van der Waals surface area contributed by atoms with Gasteiger partial charge in [0.2, 0.25) is 11.9 Å². The number of ether oxygens (including phenoxy) is 3. The van der Waals surface area contributed by atoms with Crippen molar-refractivity contribution in [2.75, 3.05) is 66.5 Å². The van der Waals surface area contributed by atoms with Crippen LogP contribution in [-0.4, -0.2) is 103 Å². The summed E-state index contributed by atoms with van der Waals surface area (Å²) in [4.78, 5) is 52.4. The monoisotopic (exact) mass is 698 g/mol. The van der Waals surface area contributed by atoms with Gasteiger partial charge in [-0.15, -0.1) is 0 Å². The van der Waals surface area contributed by atoms with Crippen molar-refractivity contribution in [1.82, 2.24) is 24.3 Å². The maximum atomic E-state index is 14.4. The molecule has 2 fully saturated rings. The first-order valence-electron chi connectivity index (χ1n) is 15.6. The van der Waals surface area contributed by atoms with Gasteiger partial charge in [0, 0.05) is 74.4 Å². The third-order valence-corrected chi connectivity index (χ3v) is 9.37. The van der Waals surface area contributed by atoms with E-state index in [9.17, 15) is 14.4 Å². The minimum Gasteiger partial charge on any atom is -0.495 e. The number of nitrogens with zero attached hydrogens (tertiary/aromatic N) is 5. The number of allylic oxidation sites excluding steroid dienone is 1. The Balaban J connectivity index is 1.54. The van der Waals surface area contributed by atoms with E-state index < -0.39 is 0 Å². The highest BCUT2D eigenvalue weighted by atomic mass is 35.5. The van der Waals surface area contributed by atoms with Gasteiger partial charge in [0.05, 0.1) is 42.5 Å². The molecule has 0 bridgehead atoms.